The van der Waals surface area contributed by atoms with E-state index in [1.54, 1.807) is 0 Å². The first-order chi connectivity index (χ1) is 45.1. The molecule has 9 nitrogen and oxygen atoms in total. The minimum Gasteiger partial charge on any atom is -0.381 e. The summed E-state index contributed by atoms with van der Waals surface area (Å²) in [7, 11) is 0. The van der Waals surface area contributed by atoms with Crippen molar-refractivity contribution in [1.29, 1.82) is 0 Å². The van der Waals surface area contributed by atoms with Crippen molar-refractivity contribution in [2.45, 2.75) is 6.32 Å². The van der Waals surface area contributed by atoms with Crippen LogP contribution in [0.4, 0.5) is 34.4 Å². The Hall–Kier alpha value is -11.5. The molecule has 0 N–H and O–H groups in total. The molecule has 12 aromatic carbocycles. The molecule has 6 heterocycles. The number of benzene rings is 12. The van der Waals surface area contributed by atoms with E-state index in [2.05, 4.69) is 248 Å². The van der Waals surface area contributed by atoms with Gasteiger partial charge in [-0.25, -0.2) is 9.97 Å². The molecule has 0 atom stereocenters. The van der Waals surface area contributed by atoms with Gasteiger partial charge in [-0.05, 0) is 105 Å². The van der Waals surface area contributed by atoms with Crippen LogP contribution < -0.4 is 25.4 Å². The molecule has 0 amide bonds. The zero-order chi connectivity index (χ0) is 60.6. The van der Waals surface area contributed by atoms with Crippen molar-refractivity contribution in [2.75, 3.05) is 14.4 Å². The van der Waals surface area contributed by atoms with Gasteiger partial charge in [0.25, 0.3) is 6.85 Å². The summed E-state index contributed by atoms with van der Waals surface area (Å²) in [4.78, 5) is 35.6. The molecular weight excluding hydrogens is 1130 g/mol. The van der Waals surface area contributed by atoms with Crippen LogP contribution in [-0.4, -0.2) is 43.7 Å². The van der Waals surface area contributed by atoms with Crippen LogP contribution in [0, 0.1) is 0 Å². The molecule has 0 saturated heterocycles. The van der Waals surface area contributed by atoms with Crippen molar-refractivity contribution in [3.8, 4) is 90.1 Å². The first kappa shape index (κ1) is 54.8. The fraction of sp³-hybridized carbons (Fsp3) is 0.0127. The van der Waals surface area contributed by atoms with Gasteiger partial charge in [-0.3, -0.25) is 0 Å². The molecule has 2 aromatic heterocycles. The van der Waals surface area contributed by atoms with E-state index < -0.39 is 0 Å². The van der Waals surface area contributed by atoms with Gasteiger partial charge in [0, 0.05) is 67.4 Å². The van der Waals surface area contributed by atoms with Crippen molar-refractivity contribution in [3.05, 3.63) is 326 Å². The van der Waals surface area contributed by atoms with Crippen molar-refractivity contribution < 1.29 is 0 Å². The van der Waals surface area contributed by atoms with Crippen molar-refractivity contribution >= 4 is 70.7 Å². The average molecular weight is 1190 g/mol. The molecule has 0 unspecified atom stereocenters. The van der Waals surface area contributed by atoms with Gasteiger partial charge >= 0.3 is 6.98 Å². The summed E-state index contributed by atoms with van der Waals surface area (Å²) in [5.41, 5.74) is 24.0. The van der Waals surface area contributed by atoms with Crippen molar-refractivity contribution in [1.82, 2.24) is 29.9 Å². The van der Waals surface area contributed by atoms with Gasteiger partial charge in [0.15, 0.2) is 23.3 Å². The fourth-order valence-corrected chi connectivity index (χ4v) is 13.6. The Morgan fingerprint density at radius 3 is 1.03 bits per heavy atom. The molecule has 0 radical (unpaired) electrons. The Balaban J connectivity index is 0.000000121. The Kier molecular flexibility index (Phi) is 14.4. The normalized spacial score (nSPS) is 12.5. The molecule has 0 aliphatic carbocycles. The van der Waals surface area contributed by atoms with E-state index in [1.807, 2.05) is 97.1 Å². The molecule has 18 rings (SSSR count). The maximum Gasteiger partial charge on any atom is 0.424 e. The van der Waals surface area contributed by atoms with E-state index in [0.29, 0.717) is 36.1 Å². The zero-order valence-corrected chi connectivity index (χ0v) is 50.0. The third-order valence-electron chi connectivity index (χ3n) is 17.3. The summed E-state index contributed by atoms with van der Waals surface area (Å²) >= 11 is 5.99. The van der Waals surface area contributed by atoms with Gasteiger partial charge in [0.1, 0.15) is 0 Å². The number of hydrogen-bond donors (Lipinski definition) is 0. The number of rotatable bonds is 7. The van der Waals surface area contributed by atoms with Crippen LogP contribution in [0.3, 0.4) is 0 Å². The minimum atomic E-state index is -0.252. The van der Waals surface area contributed by atoms with Gasteiger partial charge in [0.05, 0.1) is 0 Å². The minimum absolute atomic E-state index is 0.202. The molecule has 0 spiro atoms. The van der Waals surface area contributed by atoms with Gasteiger partial charge in [-0.1, -0.05) is 273 Å². The zero-order valence-electron chi connectivity index (χ0n) is 49.3. The Morgan fingerprint density at radius 1 is 0.264 bits per heavy atom. The molecule has 4 aliphatic rings. The molecule has 4 aliphatic heterocycles. The summed E-state index contributed by atoms with van der Waals surface area (Å²) in [5.74, 6) is 3.04. The molecule has 14 aromatic rings. The summed E-state index contributed by atoms with van der Waals surface area (Å²) in [6.07, 6.45) is 1.03. The monoisotopic (exact) mass is 1190 g/mol. The maximum atomic E-state index is 5.99. The van der Waals surface area contributed by atoms with E-state index in [0.717, 1.165) is 51.2 Å². The third-order valence-corrected chi connectivity index (χ3v) is 17.5. The van der Waals surface area contributed by atoms with Crippen LogP contribution in [0.15, 0.2) is 315 Å². The number of nitrogens with zero attached hydrogens (tertiary/aromatic N) is 9. The first-order valence-corrected chi connectivity index (χ1v) is 31.0. The predicted octanol–water partition coefficient (Wildman–Crippen LogP) is 17.9. The lowest BCUT2D eigenvalue weighted by Crippen LogP contribution is -2.62. The number of hydrogen-bond acceptors (Lipinski definition) is 9. The number of para-hydroxylation sites is 5. The molecule has 0 saturated carbocycles. The quantitative estimate of drug-likeness (QED) is 0.145. The largest absolute Gasteiger partial charge is 0.424 e. The summed E-state index contributed by atoms with van der Waals surface area (Å²) in [6, 6.07) is 110. The molecule has 428 valence electrons. The SMILES string of the molecule is Clc1nc(-c2ccccc2)nc(-c2ccccc2)n1.c1ccc(-c2nc(-c3ccccc3)nc(N3B4c5c(cccc5-c5ccccc53)-c3ccccc3N4c3ccccc3)n2)cc1.c1ccc(N2B3Cc4ccccc4-c4cccc(c43)-c3ccccc32)cc1. The second-order valence-electron chi connectivity index (χ2n) is 22.6. The number of anilines is 6. The number of fused-ring (bicyclic) bond motifs is 8. The van der Waals surface area contributed by atoms with Gasteiger partial charge < -0.3 is 14.4 Å². The third kappa shape index (κ3) is 10.2. The number of aromatic nitrogens is 6. The summed E-state index contributed by atoms with van der Waals surface area (Å²) < 4.78 is 0. The Bertz CT molecular complexity index is 4830. The highest BCUT2D eigenvalue weighted by Crippen LogP contribution is 2.49. The van der Waals surface area contributed by atoms with E-state index in [4.69, 9.17) is 26.6 Å². The second kappa shape index (κ2) is 23.9. The molecule has 91 heavy (non-hydrogen) atoms. The molecule has 0 bridgehead atoms. The lowest BCUT2D eigenvalue weighted by atomic mass is 9.43. The Morgan fingerprint density at radius 2 is 0.582 bits per heavy atom. The molecular formula is C79H54B2ClN9. The Labute approximate surface area is 534 Å². The van der Waals surface area contributed by atoms with Crippen LogP contribution in [0.5, 0.6) is 0 Å². The van der Waals surface area contributed by atoms with Crippen LogP contribution in [0.25, 0.3) is 90.1 Å². The highest BCUT2D eigenvalue weighted by molar-refractivity contribution is 6.86. The van der Waals surface area contributed by atoms with E-state index >= 15 is 0 Å². The van der Waals surface area contributed by atoms with Crippen molar-refractivity contribution in [3.63, 3.8) is 0 Å². The van der Waals surface area contributed by atoms with E-state index in [-0.39, 0.29) is 12.3 Å². The first-order valence-electron chi connectivity index (χ1n) is 30.6. The maximum absolute atomic E-state index is 5.99. The van der Waals surface area contributed by atoms with Gasteiger partial charge in [-0.2, -0.15) is 19.9 Å². The van der Waals surface area contributed by atoms with Crippen molar-refractivity contribution in [2.24, 2.45) is 0 Å². The lowest BCUT2D eigenvalue weighted by molar-refractivity contribution is 1.03. The van der Waals surface area contributed by atoms with Gasteiger partial charge in [-0.15, -0.1) is 0 Å². The van der Waals surface area contributed by atoms with Crippen LogP contribution in [0.1, 0.15) is 5.56 Å². The molecule has 0 fully saturated rings. The highest BCUT2D eigenvalue weighted by Gasteiger charge is 2.48. The second-order valence-corrected chi connectivity index (χ2v) is 23.0. The predicted molar refractivity (Wildman–Crippen MR) is 375 cm³/mol. The fourth-order valence-electron chi connectivity index (χ4n) is 13.4. The average Bonchev–Trinajstić information content (AvgIpc) is 0.729. The smallest absolute Gasteiger partial charge is 0.381 e. The summed E-state index contributed by atoms with van der Waals surface area (Å²) in [5, 5.41) is 0.202. The van der Waals surface area contributed by atoms with Crippen LogP contribution in [0.2, 0.25) is 5.28 Å². The lowest BCUT2D eigenvalue weighted by Gasteiger charge is -2.46. The van der Waals surface area contributed by atoms with E-state index in [1.165, 1.54) is 66.8 Å². The standard InChI is InChI=1S/C39H26BN5.C25H18BN.C15H10ClN3/c1-4-15-27(16-5-1)37-41-38(28-17-6-2-7-18-28)43-39(42-37)45-35-26-13-11-22-31(35)33-24-14-23-32-30-21-10-12-25-34(30)44(40(45)36(32)33)29-19-8-3-9-20-29;1-2-10-19(11-3-1)27-24-16-7-6-13-21(24)23-15-8-14-22-20-12-5-4-9-18(20)17-26(27)25(22)23;16-15-18-13(11-7-3-1-4-8-11)17-14(19-15)12-9-5-2-6-10-12/h1-26H;1-16H,17H2;1-10H. The van der Waals surface area contributed by atoms with Crippen LogP contribution >= 0.6 is 11.6 Å². The number of halogens is 1. The summed E-state index contributed by atoms with van der Waals surface area (Å²) in [6.45, 7) is 0.0708. The van der Waals surface area contributed by atoms with E-state index in [9.17, 15) is 0 Å². The molecule has 12 heteroatoms. The highest BCUT2D eigenvalue weighted by atomic mass is 35.5. The van der Waals surface area contributed by atoms with Gasteiger partial charge in [0.2, 0.25) is 11.2 Å². The van der Waals surface area contributed by atoms with Crippen LogP contribution in [-0.2, 0) is 6.32 Å². The topological polar surface area (TPSA) is 87.1 Å².